The van der Waals surface area contributed by atoms with Gasteiger partial charge in [0.2, 0.25) is 0 Å². The molecule has 2 amide bonds. The number of piperazine rings is 1. The van der Waals surface area contributed by atoms with E-state index in [9.17, 15) is 4.79 Å². The van der Waals surface area contributed by atoms with Gasteiger partial charge in [0.25, 0.3) is 0 Å². The summed E-state index contributed by atoms with van der Waals surface area (Å²) in [6.45, 7) is 6.70. The lowest BCUT2D eigenvalue weighted by Gasteiger charge is -2.33. The molecule has 1 N–H and O–H groups in total. The molecule has 4 nitrogen and oxygen atoms in total. The van der Waals surface area contributed by atoms with Gasteiger partial charge in [0.05, 0.1) is 0 Å². The molecule has 80 valence electrons. The average molecular weight is 197 g/mol. The molecule has 1 unspecified atom stereocenters. The summed E-state index contributed by atoms with van der Waals surface area (Å²) < 4.78 is 0. The van der Waals surface area contributed by atoms with Gasteiger partial charge in [0.1, 0.15) is 0 Å². The zero-order valence-electron chi connectivity index (χ0n) is 8.83. The lowest BCUT2D eigenvalue weighted by Crippen LogP contribution is -2.52. The van der Waals surface area contributed by atoms with E-state index in [0.717, 1.165) is 39.1 Å². The second kappa shape index (κ2) is 4.17. The third-order valence-corrected chi connectivity index (χ3v) is 3.19. The second-order valence-electron chi connectivity index (χ2n) is 4.20. The molecule has 14 heavy (non-hydrogen) atoms. The minimum absolute atomic E-state index is 0.247. The fraction of sp³-hybridized carbons (Fsp3) is 0.900. The molecular weight excluding hydrogens is 178 g/mol. The van der Waals surface area contributed by atoms with Crippen LogP contribution in [0.25, 0.3) is 0 Å². The van der Waals surface area contributed by atoms with Gasteiger partial charge < -0.3 is 15.1 Å². The Hall–Kier alpha value is -0.770. The molecule has 0 aromatic heterocycles. The highest BCUT2D eigenvalue weighted by Gasteiger charge is 2.29. The van der Waals surface area contributed by atoms with Gasteiger partial charge >= 0.3 is 6.03 Å². The standard InChI is InChI=1S/C10H19N3O/c1-9-3-2-6-13(9)10(14)12-7-4-11-5-8-12/h9,11H,2-8H2,1H3. The van der Waals surface area contributed by atoms with Crippen molar-refractivity contribution in [2.75, 3.05) is 32.7 Å². The Bertz CT molecular complexity index is 213. The highest BCUT2D eigenvalue weighted by atomic mass is 16.2. The van der Waals surface area contributed by atoms with Gasteiger partial charge in [0.15, 0.2) is 0 Å². The number of hydrogen-bond acceptors (Lipinski definition) is 2. The maximum Gasteiger partial charge on any atom is 0.320 e. The van der Waals surface area contributed by atoms with Crippen molar-refractivity contribution < 1.29 is 4.79 Å². The largest absolute Gasteiger partial charge is 0.322 e. The highest BCUT2D eigenvalue weighted by molar-refractivity contribution is 5.75. The maximum atomic E-state index is 12.0. The molecule has 2 fully saturated rings. The first kappa shape index (κ1) is 9.77. The summed E-state index contributed by atoms with van der Waals surface area (Å²) in [5.41, 5.74) is 0. The van der Waals surface area contributed by atoms with E-state index in [4.69, 9.17) is 0 Å². The summed E-state index contributed by atoms with van der Waals surface area (Å²) in [5.74, 6) is 0. The van der Waals surface area contributed by atoms with E-state index in [1.807, 2.05) is 9.80 Å². The Morgan fingerprint density at radius 1 is 1.29 bits per heavy atom. The molecule has 2 aliphatic heterocycles. The molecule has 2 saturated heterocycles. The zero-order chi connectivity index (χ0) is 9.97. The Morgan fingerprint density at radius 2 is 2.00 bits per heavy atom. The summed E-state index contributed by atoms with van der Waals surface area (Å²) in [6, 6.07) is 0.689. The fourth-order valence-corrected chi connectivity index (χ4v) is 2.26. The van der Waals surface area contributed by atoms with Crippen molar-refractivity contribution in [2.45, 2.75) is 25.8 Å². The Morgan fingerprint density at radius 3 is 2.57 bits per heavy atom. The SMILES string of the molecule is CC1CCCN1C(=O)N1CCNCC1. The number of nitrogens with one attached hydrogen (secondary N) is 1. The topological polar surface area (TPSA) is 35.6 Å². The predicted octanol–water partition coefficient (Wildman–Crippen LogP) is 0.496. The van der Waals surface area contributed by atoms with E-state index >= 15 is 0 Å². The molecule has 4 heteroatoms. The molecule has 0 radical (unpaired) electrons. The van der Waals surface area contributed by atoms with E-state index in [1.54, 1.807) is 0 Å². The first-order chi connectivity index (χ1) is 6.79. The van der Waals surface area contributed by atoms with Gasteiger partial charge in [-0.05, 0) is 19.8 Å². The lowest BCUT2D eigenvalue weighted by molar-refractivity contribution is 0.145. The number of amides is 2. The lowest BCUT2D eigenvalue weighted by atomic mass is 10.2. The normalized spacial score (nSPS) is 28.2. The number of carbonyl (C=O) groups excluding carboxylic acids is 1. The van der Waals surface area contributed by atoms with Crippen LogP contribution in [0.15, 0.2) is 0 Å². The van der Waals surface area contributed by atoms with Crippen LogP contribution in [-0.2, 0) is 0 Å². The molecule has 0 bridgehead atoms. The summed E-state index contributed by atoms with van der Waals surface area (Å²) in [4.78, 5) is 16.0. The number of carbonyl (C=O) groups is 1. The van der Waals surface area contributed by atoms with Crippen LogP contribution >= 0.6 is 0 Å². The van der Waals surface area contributed by atoms with Crippen LogP contribution in [-0.4, -0.2) is 54.6 Å². The van der Waals surface area contributed by atoms with Gasteiger partial charge in [-0.25, -0.2) is 4.79 Å². The second-order valence-corrected chi connectivity index (χ2v) is 4.20. The summed E-state index contributed by atoms with van der Waals surface area (Å²) in [6.07, 6.45) is 2.33. The molecule has 2 rings (SSSR count). The van der Waals surface area contributed by atoms with Crippen molar-refractivity contribution in [3.63, 3.8) is 0 Å². The van der Waals surface area contributed by atoms with Crippen LogP contribution in [0.2, 0.25) is 0 Å². The van der Waals surface area contributed by atoms with Gasteiger partial charge in [0, 0.05) is 38.8 Å². The first-order valence-electron chi connectivity index (χ1n) is 5.55. The maximum absolute atomic E-state index is 12.0. The van der Waals surface area contributed by atoms with E-state index in [-0.39, 0.29) is 6.03 Å². The van der Waals surface area contributed by atoms with Crippen LogP contribution in [0.4, 0.5) is 4.79 Å². The van der Waals surface area contributed by atoms with E-state index in [0.29, 0.717) is 6.04 Å². The van der Waals surface area contributed by atoms with Crippen molar-refractivity contribution in [2.24, 2.45) is 0 Å². The zero-order valence-corrected chi connectivity index (χ0v) is 8.83. The van der Waals surface area contributed by atoms with Crippen LogP contribution in [0.1, 0.15) is 19.8 Å². The van der Waals surface area contributed by atoms with Crippen LogP contribution < -0.4 is 5.32 Å². The summed E-state index contributed by atoms with van der Waals surface area (Å²) in [7, 11) is 0. The Balaban J connectivity index is 1.92. The van der Waals surface area contributed by atoms with E-state index in [1.165, 1.54) is 6.42 Å². The minimum atomic E-state index is 0.247. The molecule has 0 aromatic carbocycles. The van der Waals surface area contributed by atoms with Crippen molar-refractivity contribution in [1.82, 2.24) is 15.1 Å². The van der Waals surface area contributed by atoms with Crippen LogP contribution in [0, 0.1) is 0 Å². The molecule has 0 aromatic rings. The van der Waals surface area contributed by atoms with E-state index < -0.39 is 0 Å². The molecule has 0 aliphatic carbocycles. The minimum Gasteiger partial charge on any atom is -0.322 e. The molecule has 0 saturated carbocycles. The molecular formula is C10H19N3O. The molecule has 2 heterocycles. The number of nitrogens with zero attached hydrogens (tertiary/aromatic N) is 2. The Kier molecular flexibility index (Phi) is 2.91. The van der Waals surface area contributed by atoms with Gasteiger partial charge in [-0.1, -0.05) is 0 Å². The number of urea groups is 1. The quantitative estimate of drug-likeness (QED) is 0.613. The monoisotopic (exact) mass is 197 g/mol. The van der Waals surface area contributed by atoms with Crippen LogP contribution in [0.3, 0.4) is 0 Å². The van der Waals surface area contributed by atoms with E-state index in [2.05, 4.69) is 12.2 Å². The van der Waals surface area contributed by atoms with Gasteiger partial charge in [-0.15, -0.1) is 0 Å². The van der Waals surface area contributed by atoms with Crippen molar-refractivity contribution >= 4 is 6.03 Å². The fourth-order valence-electron chi connectivity index (χ4n) is 2.26. The van der Waals surface area contributed by atoms with Crippen molar-refractivity contribution in [1.29, 1.82) is 0 Å². The van der Waals surface area contributed by atoms with Crippen molar-refractivity contribution in [3.8, 4) is 0 Å². The third-order valence-electron chi connectivity index (χ3n) is 3.19. The molecule has 0 spiro atoms. The number of rotatable bonds is 0. The Labute approximate surface area is 85.2 Å². The average Bonchev–Trinajstić information content (AvgIpc) is 2.65. The van der Waals surface area contributed by atoms with Crippen LogP contribution in [0.5, 0.6) is 0 Å². The summed E-state index contributed by atoms with van der Waals surface area (Å²) >= 11 is 0. The molecule has 2 aliphatic rings. The molecule has 1 atom stereocenters. The smallest absolute Gasteiger partial charge is 0.320 e. The first-order valence-corrected chi connectivity index (χ1v) is 5.55. The highest BCUT2D eigenvalue weighted by Crippen LogP contribution is 2.18. The van der Waals surface area contributed by atoms with Gasteiger partial charge in [-0.3, -0.25) is 0 Å². The van der Waals surface area contributed by atoms with Gasteiger partial charge in [-0.2, -0.15) is 0 Å². The summed E-state index contributed by atoms with van der Waals surface area (Å²) in [5, 5.41) is 3.26. The number of likely N-dealkylation sites (tertiary alicyclic amines) is 1. The number of hydrogen-bond donors (Lipinski definition) is 1. The van der Waals surface area contributed by atoms with Crippen molar-refractivity contribution in [3.05, 3.63) is 0 Å². The third kappa shape index (κ3) is 1.85. The predicted molar refractivity (Wildman–Crippen MR) is 55.2 cm³/mol.